The average molecular weight is 302 g/mol. The summed E-state index contributed by atoms with van der Waals surface area (Å²) in [6.45, 7) is 1.37. The van der Waals surface area contributed by atoms with Gasteiger partial charge in [0.2, 0.25) is 0 Å². The van der Waals surface area contributed by atoms with Crippen LogP contribution >= 0.6 is 0 Å². The van der Waals surface area contributed by atoms with Crippen LogP contribution in [-0.4, -0.2) is 23.3 Å². The maximum atomic E-state index is 13.3. The topological polar surface area (TPSA) is 70.9 Å². The van der Waals surface area contributed by atoms with Crippen LogP contribution in [0.25, 0.3) is 0 Å². The number of amides is 1. The van der Waals surface area contributed by atoms with Crippen molar-refractivity contribution >= 4 is 11.6 Å². The Hall–Kier alpha value is -2.89. The Labute approximate surface area is 127 Å². The minimum Gasteiger partial charge on any atom is -0.508 e. The Morgan fingerprint density at radius 3 is 2.59 bits per heavy atom. The quantitative estimate of drug-likeness (QED) is 0.658. The molecule has 2 rings (SSSR count). The number of hydrogen-bond donors (Lipinski definition) is 2. The monoisotopic (exact) mass is 302 g/mol. The van der Waals surface area contributed by atoms with E-state index in [1.54, 1.807) is 25.1 Å². The summed E-state index contributed by atoms with van der Waals surface area (Å²) in [6, 6.07) is 12.2. The first-order valence-electron chi connectivity index (χ1n) is 6.56. The summed E-state index contributed by atoms with van der Waals surface area (Å²) in [4.78, 5) is 11.6. The molecule has 0 saturated heterocycles. The zero-order valence-corrected chi connectivity index (χ0v) is 11.9. The first-order valence-corrected chi connectivity index (χ1v) is 6.56. The third-order valence-electron chi connectivity index (χ3n) is 2.83. The first-order chi connectivity index (χ1) is 10.6. The number of carbonyl (C=O) groups excluding carboxylic acids is 1. The predicted molar refractivity (Wildman–Crippen MR) is 80.4 cm³/mol. The Morgan fingerprint density at radius 1 is 1.23 bits per heavy atom. The zero-order valence-electron chi connectivity index (χ0n) is 11.9. The minimum atomic E-state index is -0.529. The van der Waals surface area contributed by atoms with Gasteiger partial charge in [0.25, 0.3) is 5.91 Å². The van der Waals surface area contributed by atoms with Crippen molar-refractivity contribution in [2.75, 3.05) is 6.61 Å². The number of phenolic OH excluding ortho intramolecular Hbond substituents is 1. The molecule has 0 heterocycles. The van der Waals surface area contributed by atoms with Gasteiger partial charge in [0.05, 0.1) is 5.71 Å². The molecule has 0 radical (unpaired) electrons. The molecule has 0 saturated carbocycles. The van der Waals surface area contributed by atoms with E-state index in [-0.39, 0.29) is 18.1 Å². The molecule has 0 spiro atoms. The fourth-order valence-electron chi connectivity index (χ4n) is 1.65. The molecular formula is C16H15FN2O3. The van der Waals surface area contributed by atoms with E-state index >= 15 is 0 Å². The number of carbonyl (C=O) groups is 1. The number of nitrogens with one attached hydrogen (secondary N) is 1. The van der Waals surface area contributed by atoms with E-state index in [9.17, 15) is 14.3 Å². The second-order valence-corrected chi connectivity index (χ2v) is 4.50. The number of aromatic hydroxyl groups is 1. The fraction of sp³-hybridized carbons (Fsp3) is 0.125. The minimum absolute atomic E-state index is 0.0110. The number of ether oxygens (including phenoxy) is 1. The molecule has 0 aliphatic rings. The molecule has 0 aliphatic carbocycles. The Morgan fingerprint density at radius 2 is 1.91 bits per heavy atom. The summed E-state index contributed by atoms with van der Waals surface area (Å²) < 4.78 is 18.4. The van der Waals surface area contributed by atoms with Crippen molar-refractivity contribution in [2.24, 2.45) is 5.10 Å². The van der Waals surface area contributed by atoms with E-state index in [1.165, 1.54) is 30.3 Å². The largest absolute Gasteiger partial charge is 0.508 e. The van der Waals surface area contributed by atoms with Crippen LogP contribution in [0.1, 0.15) is 12.5 Å². The molecule has 0 aliphatic heterocycles. The van der Waals surface area contributed by atoms with Crippen LogP contribution in [0.2, 0.25) is 0 Å². The molecule has 114 valence electrons. The van der Waals surface area contributed by atoms with E-state index in [0.717, 1.165) is 5.56 Å². The smallest absolute Gasteiger partial charge is 0.277 e. The lowest BCUT2D eigenvalue weighted by Gasteiger charge is -2.06. The summed E-state index contributed by atoms with van der Waals surface area (Å²) >= 11 is 0. The second kappa shape index (κ2) is 7.21. The Bertz CT molecular complexity index is 684. The van der Waals surface area contributed by atoms with Crippen LogP contribution in [0.5, 0.6) is 11.5 Å². The summed E-state index contributed by atoms with van der Waals surface area (Å²) in [5.41, 5.74) is 3.65. The number of rotatable bonds is 5. The highest BCUT2D eigenvalue weighted by Gasteiger charge is 2.06. The van der Waals surface area contributed by atoms with Crippen LogP contribution in [-0.2, 0) is 4.79 Å². The van der Waals surface area contributed by atoms with Gasteiger partial charge in [0, 0.05) is 0 Å². The molecule has 22 heavy (non-hydrogen) atoms. The molecule has 0 fully saturated rings. The molecule has 5 nitrogen and oxygen atoms in total. The molecule has 2 N–H and O–H groups in total. The summed E-state index contributed by atoms with van der Waals surface area (Å²) in [5.74, 6) is -0.865. The predicted octanol–water partition coefficient (Wildman–Crippen LogP) is 2.45. The number of hydrazone groups is 1. The van der Waals surface area contributed by atoms with Crippen molar-refractivity contribution in [3.05, 3.63) is 59.9 Å². The van der Waals surface area contributed by atoms with E-state index in [1.807, 2.05) is 0 Å². The number of hydrogen-bond acceptors (Lipinski definition) is 4. The van der Waals surface area contributed by atoms with Gasteiger partial charge in [-0.25, -0.2) is 9.82 Å². The van der Waals surface area contributed by atoms with Crippen molar-refractivity contribution in [3.8, 4) is 11.5 Å². The van der Waals surface area contributed by atoms with Gasteiger partial charge in [0.1, 0.15) is 5.75 Å². The highest BCUT2D eigenvalue weighted by atomic mass is 19.1. The molecule has 0 unspecified atom stereocenters. The summed E-state index contributed by atoms with van der Waals surface area (Å²) in [7, 11) is 0. The maximum Gasteiger partial charge on any atom is 0.277 e. The number of nitrogens with zero attached hydrogens (tertiary/aromatic N) is 1. The Balaban J connectivity index is 1.88. The lowest BCUT2D eigenvalue weighted by molar-refractivity contribution is -0.123. The van der Waals surface area contributed by atoms with Gasteiger partial charge in [-0.1, -0.05) is 12.1 Å². The summed E-state index contributed by atoms with van der Waals surface area (Å²) in [6.07, 6.45) is 0. The zero-order chi connectivity index (χ0) is 15.9. The molecular weight excluding hydrogens is 287 g/mol. The van der Waals surface area contributed by atoms with Gasteiger partial charge < -0.3 is 9.84 Å². The highest BCUT2D eigenvalue weighted by Crippen LogP contribution is 2.15. The Kier molecular flexibility index (Phi) is 5.08. The standard InChI is InChI=1S/C16H15FN2O3/c1-11(12-6-8-13(20)9-7-12)18-19-16(21)10-22-15-5-3-2-4-14(15)17/h2-9,20H,10H2,1H3,(H,19,21)/b18-11+. The van der Waals surface area contributed by atoms with Gasteiger partial charge in [0.15, 0.2) is 18.2 Å². The highest BCUT2D eigenvalue weighted by molar-refractivity contribution is 5.99. The lowest BCUT2D eigenvalue weighted by atomic mass is 10.1. The van der Waals surface area contributed by atoms with Crippen molar-refractivity contribution in [1.29, 1.82) is 0 Å². The van der Waals surface area contributed by atoms with E-state index in [4.69, 9.17) is 4.74 Å². The van der Waals surface area contributed by atoms with Gasteiger partial charge in [-0.15, -0.1) is 0 Å². The molecule has 0 atom stereocenters. The van der Waals surface area contributed by atoms with E-state index in [2.05, 4.69) is 10.5 Å². The van der Waals surface area contributed by atoms with Crippen LogP contribution in [0.4, 0.5) is 4.39 Å². The first kappa shape index (κ1) is 15.5. The molecule has 0 aromatic heterocycles. The second-order valence-electron chi connectivity index (χ2n) is 4.50. The maximum absolute atomic E-state index is 13.3. The molecule has 2 aromatic carbocycles. The van der Waals surface area contributed by atoms with Gasteiger partial charge >= 0.3 is 0 Å². The SMILES string of the molecule is C/C(=N\NC(=O)COc1ccccc1F)c1ccc(O)cc1. The van der Waals surface area contributed by atoms with Gasteiger partial charge in [-0.2, -0.15) is 5.10 Å². The third kappa shape index (κ3) is 4.31. The molecule has 2 aromatic rings. The van der Waals surface area contributed by atoms with Crippen LogP contribution < -0.4 is 10.2 Å². The van der Waals surface area contributed by atoms with Crippen LogP contribution in [0, 0.1) is 5.82 Å². The van der Waals surface area contributed by atoms with Gasteiger partial charge in [-0.05, 0) is 48.9 Å². The third-order valence-corrected chi connectivity index (χ3v) is 2.83. The van der Waals surface area contributed by atoms with Crippen molar-refractivity contribution < 1.29 is 19.0 Å². The van der Waals surface area contributed by atoms with Crippen molar-refractivity contribution in [2.45, 2.75) is 6.92 Å². The summed E-state index contributed by atoms with van der Waals surface area (Å²) in [5, 5.41) is 13.1. The normalized spacial score (nSPS) is 11.1. The van der Waals surface area contributed by atoms with Crippen molar-refractivity contribution in [1.82, 2.24) is 5.43 Å². The molecule has 6 heteroatoms. The van der Waals surface area contributed by atoms with Gasteiger partial charge in [-0.3, -0.25) is 4.79 Å². The van der Waals surface area contributed by atoms with E-state index in [0.29, 0.717) is 5.71 Å². The molecule has 0 bridgehead atoms. The molecule has 1 amide bonds. The number of para-hydroxylation sites is 1. The number of benzene rings is 2. The lowest BCUT2D eigenvalue weighted by Crippen LogP contribution is -2.25. The fourth-order valence-corrected chi connectivity index (χ4v) is 1.65. The average Bonchev–Trinajstić information content (AvgIpc) is 2.52. The van der Waals surface area contributed by atoms with Crippen molar-refractivity contribution in [3.63, 3.8) is 0 Å². The van der Waals surface area contributed by atoms with E-state index < -0.39 is 11.7 Å². The number of phenols is 1. The number of halogens is 1. The van der Waals surface area contributed by atoms with Crippen LogP contribution in [0.3, 0.4) is 0 Å². The van der Waals surface area contributed by atoms with Crippen LogP contribution in [0.15, 0.2) is 53.6 Å².